The van der Waals surface area contributed by atoms with Gasteiger partial charge in [-0.2, -0.15) is 0 Å². The molecule has 1 saturated heterocycles. The van der Waals surface area contributed by atoms with Crippen molar-refractivity contribution < 1.29 is 4.74 Å². The van der Waals surface area contributed by atoms with E-state index in [-0.39, 0.29) is 4.83 Å². The third kappa shape index (κ3) is 1.82. The molecule has 3 atom stereocenters. The number of halogens is 3. The smallest absolute Gasteiger partial charge is 0.101 e. The average molecular weight is 320 g/mol. The van der Waals surface area contributed by atoms with Crippen molar-refractivity contribution in [2.45, 2.75) is 23.5 Å². The van der Waals surface area contributed by atoms with E-state index in [1.165, 1.54) is 5.57 Å². The molecule has 3 rings (SSSR count). The van der Waals surface area contributed by atoms with Gasteiger partial charge in [0.25, 0.3) is 0 Å². The van der Waals surface area contributed by atoms with Gasteiger partial charge in [0.1, 0.15) is 6.10 Å². The van der Waals surface area contributed by atoms with Crippen LogP contribution in [0.2, 0.25) is 10.0 Å². The maximum Gasteiger partial charge on any atom is 0.101 e. The first-order chi connectivity index (χ1) is 7.66. The minimum Gasteiger partial charge on any atom is -0.368 e. The first-order valence-electron chi connectivity index (χ1n) is 5.12. The molecule has 1 fully saturated rings. The van der Waals surface area contributed by atoms with Gasteiger partial charge >= 0.3 is 0 Å². The zero-order chi connectivity index (χ0) is 11.3. The number of fused-ring (bicyclic) bond motifs is 1. The highest BCUT2D eigenvalue weighted by Gasteiger charge is 2.47. The molecule has 1 aromatic carbocycles. The van der Waals surface area contributed by atoms with Crippen molar-refractivity contribution in [1.82, 2.24) is 0 Å². The molecule has 1 aromatic rings. The predicted octanol–water partition coefficient (Wildman–Crippen LogP) is 4.31. The molecule has 0 aromatic heterocycles. The second kappa shape index (κ2) is 4.02. The lowest BCUT2D eigenvalue weighted by Crippen LogP contribution is -2.16. The Labute approximate surface area is 113 Å². The lowest BCUT2D eigenvalue weighted by atomic mass is 9.93. The van der Waals surface area contributed by atoms with E-state index >= 15 is 0 Å². The summed E-state index contributed by atoms with van der Waals surface area (Å²) in [6, 6.07) is 5.54. The van der Waals surface area contributed by atoms with Gasteiger partial charge in [0, 0.05) is 10.0 Å². The fraction of sp³-hybridized carbons (Fsp3) is 0.333. The van der Waals surface area contributed by atoms with Gasteiger partial charge in [-0.1, -0.05) is 45.2 Å². The largest absolute Gasteiger partial charge is 0.368 e. The van der Waals surface area contributed by atoms with Gasteiger partial charge in [-0.25, -0.2) is 0 Å². The van der Waals surface area contributed by atoms with Crippen LogP contribution in [0.4, 0.5) is 0 Å². The quantitative estimate of drug-likeness (QED) is 0.555. The maximum atomic E-state index is 6.20. The van der Waals surface area contributed by atoms with E-state index in [9.17, 15) is 0 Å². The Bertz CT molecular complexity index is 472. The van der Waals surface area contributed by atoms with Crippen molar-refractivity contribution in [3.05, 3.63) is 39.9 Å². The van der Waals surface area contributed by atoms with Gasteiger partial charge in [0.2, 0.25) is 0 Å². The molecule has 0 spiro atoms. The van der Waals surface area contributed by atoms with Crippen LogP contribution in [0.3, 0.4) is 0 Å². The molecule has 1 aliphatic heterocycles. The monoisotopic (exact) mass is 318 g/mol. The summed E-state index contributed by atoms with van der Waals surface area (Å²) in [5.74, 6) is 0. The number of hydrogen-bond donors (Lipinski definition) is 0. The van der Waals surface area contributed by atoms with Crippen molar-refractivity contribution in [3.8, 4) is 0 Å². The van der Waals surface area contributed by atoms with Crippen LogP contribution in [0.15, 0.2) is 24.3 Å². The molecule has 0 N–H and O–H groups in total. The lowest BCUT2D eigenvalue weighted by molar-refractivity contribution is 0.379. The van der Waals surface area contributed by atoms with Gasteiger partial charge in [-0.15, -0.1) is 0 Å². The van der Waals surface area contributed by atoms with Crippen LogP contribution in [0.1, 0.15) is 12.0 Å². The van der Waals surface area contributed by atoms with Crippen molar-refractivity contribution in [2.24, 2.45) is 0 Å². The molecular formula is C12H9BrCl2O. The topological polar surface area (TPSA) is 12.5 Å². The van der Waals surface area contributed by atoms with Gasteiger partial charge < -0.3 is 4.74 Å². The van der Waals surface area contributed by atoms with Gasteiger partial charge in [-0.3, -0.25) is 0 Å². The van der Waals surface area contributed by atoms with Crippen molar-refractivity contribution in [2.75, 3.05) is 0 Å². The summed E-state index contributed by atoms with van der Waals surface area (Å²) in [5.41, 5.74) is 2.19. The summed E-state index contributed by atoms with van der Waals surface area (Å²) in [7, 11) is 0. The summed E-state index contributed by atoms with van der Waals surface area (Å²) in [6.07, 6.45) is 3.84. The van der Waals surface area contributed by atoms with Crippen LogP contribution in [-0.2, 0) is 4.74 Å². The number of epoxide rings is 1. The van der Waals surface area contributed by atoms with E-state index in [2.05, 4.69) is 22.0 Å². The Morgan fingerprint density at radius 3 is 2.94 bits per heavy atom. The summed E-state index contributed by atoms with van der Waals surface area (Å²) < 4.78 is 5.54. The summed E-state index contributed by atoms with van der Waals surface area (Å²) in [4.78, 5) is 0.224. The number of alkyl halides is 1. The molecular weight excluding hydrogens is 311 g/mol. The molecule has 0 unspecified atom stereocenters. The van der Waals surface area contributed by atoms with Crippen LogP contribution in [0.25, 0.3) is 5.57 Å². The Hall–Kier alpha value is -0.0200. The first kappa shape index (κ1) is 11.1. The predicted molar refractivity (Wildman–Crippen MR) is 70.4 cm³/mol. The fourth-order valence-corrected chi connectivity index (χ4v) is 3.41. The number of ether oxygens (including phenoxy) is 1. The van der Waals surface area contributed by atoms with Crippen LogP contribution < -0.4 is 0 Å². The Morgan fingerprint density at radius 1 is 1.31 bits per heavy atom. The highest BCUT2D eigenvalue weighted by atomic mass is 79.9. The number of hydrogen-bond acceptors (Lipinski definition) is 1. The highest BCUT2D eigenvalue weighted by Crippen LogP contribution is 2.45. The second-order valence-electron chi connectivity index (χ2n) is 4.06. The Balaban J connectivity index is 2.02. The van der Waals surface area contributed by atoms with E-state index in [0.29, 0.717) is 17.2 Å². The van der Waals surface area contributed by atoms with Crippen molar-refractivity contribution >= 4 is 44.7 Å². The standard InChI is InChI=1S/C12H9BrCl2O/c13-11-7(2-4-10-12(11)16-10)8-5-6(14)1-3-9(8)15/h1-3,5,10-12H,4H2/t10-,11-,12-/m0/s1. The Kier molecular flexibility index (Phi) is 2.79. The molecule has 1 aliphatic carbocycles. The van der Waals surface area contributed by atoms with Gasteiger partial charge in [-0.05, 0) is 35.8 Å². The van der Waals surface area contributed by atoms with E-state index in [1.807, 2.05) is 12.1 Å². The van der Waals surface area contributed by atoms with Crippen LogP contribution in [0.5, 0.6) is 0 Å². The molecule has 4 heteroatoms. The summed E-state index contributed by atoms with van der Waals surface area (Å²) in [5, 5.41) is 1.44. The highest BCUT2D eigenvalue weighted by molar-refractivity contribution is 9.09. The number of rotatable bonds is 1. The maximum absolute atomic E-state index is 6.20. The minimum absolute atomic E-state index is 0.224. The second-order valence-corrected chi connectivity index (χ2v) is 5.89. The van der Waals surface area contributed by atoms with Crippen molar-refractivity contribution in [3.63, 3.8) is 0 Å². The zero-order valence-corrected chi connectivity index (χ0v) is 11.4. The van der Waals surface area contributed by atoms with E-state index in [1.54, 1.807) is 6.07 Å². The first-order valence-corrected chi connectivity index (χ1v) is 6.79. The fourth-order valence-electron chi connectivity index (χ4n) is 2.11. The summed E-state index contributed by atoms with van der Waals surface area (Å²) >= 11 is 15.9. The molecule has 0 saturated carbocycles. The van der Waals surface area contributed by atoms with Crippen LogP contribution in [0, 0.1) is 0 Å². The molecule has 2 aliphatic rings. The van der Waals surface area contributed by atoms with E-state index < -0.39 is 0 Å². The van der Waals surface area contributed by atoms with Gasteiger partial charge in [0.05, 0.1) is 10.9 Å². The van der Waals surface area contributed by atoms with Crippen LogP contribution >= 0.6 is 39.1 Å². The lowest BCUT2D eigenvalue weighted by Gasteiger charge is -2.17. The minimum atomic E-state index is 0.224. The summed E-state index contributed by atoms with van der Waals surface area (Å²) in [6.45, 7) is 0. The van der Waals surface area contributed by atoms with Crippen LogP contribution in [-0.4, -0.2) is 17.0 Å². The average Bonchev–Trinajstić information content (AvgIpc) is 3.03. The third-order valence-electron chi connectivity index (χ3n) is 3.02. The molecule has 16 heavy (non-hydrogen) atoms. The normalized spacial score (nSPS) is 31.9. The molecule has 0 radical (unpaired) electrons. The molecule has 1 nitrogen and oxygen atoms in total. The Morgan fingerprint density at radius 2 is 2.12 bits per heavy atom. The zero-order valence-electron chi connectivity index (χ0n) is 8.29. The molecule has 1 heterocycles. The van der Waals surface area contributed by atoms with E-state index in [4.69, 9.17) is 27.9 Å². The molecule has 0 bridgehead atoms. The van der Waals surface area contributed by atoms with Gasteiger partial charge in [0.15, 0.2) is 0 Å². The molecule has 84 valence electrons. The molecule has 0 amide bonds. The number of benzene rings is 1. The SMILES string of the molecule is Clc1ccc(Cl)c(C2=CC[C@@H]3O[C@@H]3[C@H]2Br)c1. The van der Waals surface area contributed by atoms with E-state index in [0.717, 1.165) is 17.0 Å². The van der Waals surface area contributed by atoms with Crippen molar-refractivity contribution in [1.29, 1.82) is 0 Å². The third-order valence-corrected chi connectivity index (χ3v) is 4.60.